The predicted molar refractivity (Wildman–Crippen MR) is 71.9 cm³/mol. The molecule has 2 rings (SSSR count). The van der Waals surface area contributed by atoms with Crippen LogP contribution in [0.3, 0.4) is 0 Å². The van der Waals surface area contributed by atoms with E-state index in [1.807, 2.05) is 25.1 Å². The Bertz CT molecular complexity index is 449. The molecule has 0 saturated heterocycles. The molecular formula is C15H21F2NO. The molecule has 0 heterocycles. The van der Waals surface area contributed by atoms with E-state index in [1.54, 1.807) is 7.11 Å². The summed E-state index contributed by atoms with van der Waals surface area (Å²) in [6.07, 6.45) is 0.701. The Balaban J connectivity index is 2.32. The smallest absolute Gasteiger partial charge is 0.248 e. The van der Waals surface area contributed by atoms with Gasteiger partial charge in [0.2, 0.25) is 5.92 Å². The number of hydrogen-bond acceptors (Lipinski definition) is 2. The van der Waals surface area contributed by atoms with Crippen LogP contribution >= 0.6 is 0 Å². The molecule has 19 heavy (non-hydrogen) atoms. The van der Waals surface area contributed by atoms with Crippen LogP contribution in [-0.2, 0) is 5.41 Å². The lowest BCUT2D eigenvalue weighted by molar-refractivity contribution is -0.0509. The monoisotopic (exact) mass is 269 g/mol. The molecule has 1 aliphatic carbocycles. The molecule has 1 aliphatic rings. The minimum atomic E-state index is -2.53. The molecule has 106 valence electrons. The second-order valence-electron chi connectivity index (χ2n) is 5.52. The highest BCUT2D eigenvalue weighted by molar-refractivity contribution is 5.40. The SMILES string of the molecule is COc1cc(C2(CN)CCC(F)(F)CC2)ccc1C. The van der Waals surface area contributed by atoms with Gasteiger partial charge in [0.05, 0.1) is 7.11 Å². The van der Waals surface area contributed by atoms with Gasteiger partial charge >= 0.3 is 0 Å². The standard InChI is InChI=1S/C15H21F2NO/c1-11-3-4-12(9-13(11)19-2)14(10-18)5-7-15(16,17)8-6-14/h3-4,9H,5-8,10,18H2,1-2H3. The van der Waals surface area contributed by atoms with E-state index in [1.165, 1.54) is 0 Å². The summed E-state index contributed by atoms with van der Waals surface area (Å²) in [6, 6.07) is 5.91. The maximum absolute atomic E-state index is 13.3. The van der Waals surface area contributed by atoms with Gasteiger partial charge in [0, 0.05) is 24.8 Å². The molecule has 0 spiro atoms. The normalized spacial score (nSPS) is 21.1. The fourth-order valence-electron chi connectivity index (χ4n) is 2.85. The summed E-state index contributed by atoms with van der Waals surface area (Å²) < 4.78 is 32.0. The predicted octanol–water partition coefficient (Wildman–Crippen LogP) is 3.41. The topological polar surface area (TPSA) is 35.2 Å². The lowest BCUT2D eigenvalue weighted by Gasteiger charge is -2.40. The number of rotatable bonds is 3. The Morgan fingerprint density at radius 1 is 1.21 bits per heavy atom. The van der Waals surface area contributed by atoms with Gasteiger partial charge in [-0.1, -0.05) is 12.1 Å². The number of halogens is 2. The third kappa shape index (κ3) is 2.73. The number of nitrogens with two attached hydrogens (primary N) is 1. The fraction of sp³-hybridized carbons (Fsp3) is 0.600. The number of ether oxygens (including phenoxy) is 1. The van der Waals surface area contributed by atoms with Gasteiger partial charge < -0.3 is 10.5 Å². The second-order valence-corrected chi connectivity index (χ2v) is 5.52. The van der Waals surface area contributed by atoms with E-state index < -0.39 is 5.92 Å². The highest BCUT2D eigenvalue weighted by atomic mass is 19.3. The maximum atomic E-state index is 13.3. The minimum Gasteiger partial charge on any atom is -0.496 e. The van der Waals surface area contributed by atoms with E-state index in [9.17, 15) is 8.78 Å². The van der Waals surface area contributed by atoms with Crippen molar-refractivity contribution < 1.29 is 13.5 Å². The van der Waals surface area contributed by atoms with Crippen LogP contribution in [0.4, 0.5) is 8.78 Å². The van der Waals surface area contributed by atoms with Gasteiger partial charge in [0.1, 0.15) is 5.75 Å². The molecular weight excluding hydrogens is 248 g/mol. The molecule has 0 aromatic heterocycles. The molecule has 0 amide bonds. The molecule has 4 heteroatoms. The van der Waals surface area contributed by atoms with Crippen molar-refractivity contribution in [2.24, 2.45) is 5.73 Å². The average molecular weight is 269 g/mol. The molecule has 2 nitrogen and oxygen atoms in total. The molecule has 1 fully saturated rings. The Kier molecular flexibility index (Phi) is 3.81. The van der Waals surface area contributed by atoms with Gasteiger partial charge in [-0.3, -0.25) is 0 Å². The Morgan fingerprint density at radius 2 is 1.84 bits per heavy atom. The molecule has 0 aliphatic heterocycles. The highest BCUT2D eigenvalue weighted by Crippen LogP contribution is 2.45. The number of alkyl halides is 2. The third-order valence-electron chi connectivity index (χ3n) is 4.35. The van der Waals surface area contributed by atoms with Gasteiger partial charge in [0.15, 0.2) is 0 Å². The molecule has 0 radical (unpaired) electrons. The Morgan fingerprint density at radius 3 is 2.37 bits per heavy atom. The molecule has 1 saturated carbocycles. The summed E-state index contributed by atoms with van der Waals surface area (Å²) in [7, 11) is 1.62. The van der Waals surface area contributed by atoms with Gasteiger partial charge in [-0.2, -0.15) is 0 Å². The van der Waals surface area contributed by atoms with E-state index >= 15 is 0 Å². The van der Waals surface area contributed by atoms with Crippen LogP contribution < -0.4 is 10.5 Å². The first kappa shape index (κ1) is 14.3. The molecule has 1 aromatic rings. The van der Waals surface area contributed by atoms with Crippen LogP contribution in [0, 0.1) is 6.92 Å². The molecule has 2 N–H and O–H groups in total. The fourth-order valence-corrected chi connectivity index (χ4v) is 2.85. The van der Waals surface area contributed by atoms with E-state index in [4.69, 9.17) is 10.5 Å². The quantitative estimate of drug-likeness (QED) is 0.912. The Hall–Kier alpha value is -1.16. The van der Waals surface area contributed by atoms with Crippen LogP contribution in [0.1, 0.15) is 36.8 Å². The van der Waals surface area contributed by atoms with Crippen molar-refractivity contribution in [1.29, 1.82) is 0 Å². The lowest BCUT2D eigenvalue weighted by atomic mass is 9.68. The first-order valence-corrected chi connectivity index (χ1v) is 6.65. The summed E-state index contributed by atoms with van der Waals surface area (Å²) in [4.78, 5) is 0. The van der Waals surface area contributed by atoms with E-state index in [2.05, 4.69) is 0 Å². The van der Waals surface area contributed by atoms with E-state index in [0.29, 0.717) is 19.4 Å². The number of aryl methyl sites for hydroxylation is 1. The zero-order valence-electron chi connectivity index (χ0n) is 11.5. The van der Waals surface area contributed by atoms with Gasteiger partial charge in [0.25, 0.3) is 0 Å². The van der Waals surface area contributed by atoms with Crippen LogP contribution in [0.5, 0.6) is 5.75 Å². The van der Waals surface area contributed by atoms with Crippen molar-refractivity contribution >= 4 is 0 Å². The molecule has 1 aromatic carbocycles. The Labute approximate surface area is 112 Å². The van der Waals surface area contributed by atoms with Gasteiger partial charge in [-0.25, -0.2) is 8.78 Å². The summed E-state index contributed by atoms with van der Waals surface area (Å²) >= 11 is 0. The van der Waals surface area contributed by atoms with Crippen molar-refractivity contribution in [3.05, 3.63) is 29.3 Å². The summed E-state index contributed by atoms with van der Waals surface area (Å²) in [5, 5.41) is 0. The maximum Gasteiger partial charge on any atom is 0.248 e. The molecule has 0 unspecified atom stereocenters. The average Bonchev–Trinajstić information content (AvgIpc) is 2.40. The zero-order valence-corrected chi connectivity index (χ0v) is 11.5. The van der Waals surface area contributed by atoms with E-state index in [-0.39, 0.29) is 18.3 Å². The minimum absolute atomic E-state index is 0.0829. The number of hydrogen-bond donors (Lipinski definition) is 1. The molecule has 0 bridgehead atoms. The number of benzene rings is 1. The van der Waals surface area contributed by atoms with Crippen LogP contribution in [0.25, 0.3) is 0 Å². The van der Waals surface area contributed by atoms with Crippen molar-refractivity contribution in [3.8, 4) is 5.75 Å². The van der Waals surface area contributed by atoms with Crippen molar-refractivity contribution in [1.82, 2.24) is 0 Å². The van der Waals surface area contributed by atoms with Crippen LogP contribution in [-0.4, -0.2) is 19.6 Å². The lowest BCUT2D eigenvalue weighted by Crippen LogP contribution is -2.42. The third-order valence-corrected chi connectivity index (χ3v) is 4.35. The van der Waals surface area contributed by atoms with E-state index in [0.717, 1.165) is 16.9 Å². The summed E-state index contributed by atoms with van der Waals surface area (Å²) in [6.45, 7) is 2.36. The molecule has 0 atom stereocenters. The van der Waals surface area contributed by atoms with Crippen molar-refractivity contribution in [2.75, 3.05) is 13.7 Å². The zero-order chi connectivity index (χ0) is 14.1. The summed E-state index contributed by atoms with van der Waals surface area (Å²) in [5.41, 5.74) is 7.63. The van der Waals surface area contributed by atoms with Crippen LogP contribution in [0.15, 0.2) is 18.2 Å². The van der Waals surface area contributed by atoms with Gasteiger partial charge in [-0.15, -0.1) is 0 Å². The second kappa shape index (κ2) is 5.08. The van der Waals surface area contributed by atoms with Crippen molar-refractivity contribution in [2.45, 2.75) is 43.9 Å². The van der Waals surface area contributed by atoms with Crippen molar-refractivity contribution in [3.63, 3.8) is 0 Å². The summed E-state index contributed by atoms with van der Waals surface area (Å²) in [5.74, 6) is -1.74. The van der Waals surface area contributed by atoms with Crippen LogP contribution in [0.2, 0.25) is 0 Å². The first-order chi connectivity index (χ1) is 8.92. The highest BCUT2D eigenvalue weighted by Gasteiger charge is 2.43. The first-order valence-electron chi connectivity index (χ1n) is 6.65. The van der Waals surface area contributed by atoms with Gasteiger partial charge in [-0.05, 0) is 37.0 Å². The largest absolute Gasteiger partial charge is 0.496 e. The number of methoxy groups -OCH3 is 1.